The molecule has 5 fully saturated rings. The highest BCUT2D eigenvalue weighted by molar-refractivity contribution is 7.90. The van der Waals surface area contributed by atoms with Gasteiger partial charge in [0.2, 0.25) is 41.4 Å². The lowest BCUT2D eigenvalue weighted by Gasteiger charge is -2.39. The Bertz CT molecular complexity index is 3760. The molecular formula is C57H67N10O15PS. The highest BCUT2D eigenvalue weighted by Crippen LogP contribution is 2.46. The fourth-order valence-corrected chi connectivity index (χ4v) is 13.8. The summed E-state index contributed by atoms with van der Waals surface area (Å²) in [7, 11) is -6.98. The molecule has 5 heterocycles. The Morgan fingerprint density at radius 1 is 0.857 bits per heavy atom. The van der Waals surface area contributed by atoms with E-state index in [2.05, 4.69) is 26.3 Å². The zero-order chi connectivity index (χ0) is 60.2. The number of sulfone groups is 1. The summed E-state index contributed by atoms with van der Waals surface area (Å²) < 4.78 is 39.0. The van der Waals surface area contributed by atoms with E-state index in [-0.39, 0.29) is 109 Å². The minimum Gasteiger partial charge on any atom is -0.370 e. The molecule has 5 atom stereocenters. The van der Waals surface area contributed by atoms with E-state index in [1.165, 1.54) is 50.4 Å². The highest BCUT2D eigenvalue weighted by Gasteiger charge is 2.49. The Hall–Kier alpha value is -7.80. The first-order valence-corrected chi connectivity index (χ1v) is 31.7. The Balaban J connectivity index is 0.836. The zero-order valence-corrected chi connectivity index (χ0v) is 48.0. The molecule has 3 aromatic carbocycles. The van der Waals surface area contributed by atoms with Gasteiger partial charge in [-0.15, -0.1) is 0 Å². The Labute approximate surface area is 481 Å². The van der Waals surface area contributed by atoms with Crippen LogP contribution in [0.3, 0.4) is 0 Å². The second-order valence-electron chi connectivity index (χ2n) is 23.2. The predicted molar refractivity (Wildman–Crippen MR) is 302 cm³/mol. The molecule has 3 saturated heterocycles. The number of H-pyrrole nitrogens is 1. The number of carbonyl (C=O) groups is 9. The molecular weight excluding hydrogens is 1130 g/mol. The number of primary amides is 1. The molecule has 3 aliphatic heterocycles. The number of rotatable bonds is 18. The van der Waals surface area contributed by atoms with Crippen molar-refractivity contribution in [1.29, 1.82) is 0 Å². The highest BCUT2D eigenvalue weighted by atomic mass is 32.2. The van der Waals surface area contributed by atoms with Crippen LogP contribution in [0.25, 0.3) is 21.9 Å². The molecule has 84 heavy (non-hydrogen) atoms. The van der Waals surface area contributed by atoms with Crippen molar-refractivity contribution in [2.75, 3.05) is 19.3 Å². The van der Waals surface area contributed by atoms with Crippen molar-refractivity contribution in [3.05, 3.63) is 99.6 Å². The second kappa shape index (κ2) is 23.3. The molecule has 27 heteroatoms. The molecule has 2 saturated carbocycles. The number of hydrogen-bond donors (Lipinski definition) is 8. The average Bonchev–Trinajstić information content (AvgIpc) is 1.90. The third-order valence-corrected chi connectivity index (χ3v) is 19.3. The van der Waals surface area contributed by atoms with E-state index >= 15 is 4.79 Å². The van der Waals surface area contributed by atoms with Crippen LogP contribution >= 0.6 is 7.60 Å². The minimum atomic E-state index is -5.14. The summed E-state index contributed by atoms with van der Waals surface area (Å²) in [5.74, 6) is -4.34. The summed E-state index contributed by atoms with van der Waals surface area (Å²) >= 11 is 0. The van der Waals surface area contributed by atoms with Crippen LogP contribution in [0, 0.1) is 11.8 Å². The van der Waals surface area contributed by atoms with Gasteiger partial charge in [-0.05, 0) is 149 Å². The van der Waals surface area contributed by atoms with Gasteiger partial charge in [-0.3, -0.25) is 62.2 Å². The van der Waals surface area contributed by atoms with Gasteiger partial charge in [0.15, 0.2) is 9.84 Å². The molecule has 2 aromatic heterocycles. The number of aromatic amines is 1. The minimum absolute atomic E-state index is 0.00784. The normalized spacial score (nSPS) is 23.0. The lowest BCUT2D eigenvalue weighted by molar-refractivity contribution is -0.146. The van der Waals surface area contributed by atoms with Crippen molar-refractivity contribution >= 4 is 92.2 Å². The van der Waals surface area contributed by atoms with E-state index in [1.807, 2.05) is 18.2 Å². The van der Waals surface area contributed by atoms with Crippen LogP contribution in [0.4, 0.5) is 0 Å². The number of nitrogens with one attached hydrogen (secondary N) is 5. The zero-order valence-electron chi connectivity index (χ0n) is 46.3. The van der Waals surface area contributed by atoms with Crippen LogP contribution in [-0.4, -0.2) is 138 Å². The van der Waals surface area contributed by atoms with Gasteiger partial charge in [-0.2, -0.15) is 0 Å². The lowest BCUT2D eigenvalue weighted by atomic mass is 9.78. The summed E-state index contributed by atoms with van der Waals surface area (Å²) in [6.45, 7) is -0.107. The quantitative estimate of drug-likeness (QED) is 0.0461. The SMILES string of the molecule is Cn1c(=O)n(C2CCC(=O)NC2=O)c2ccc(C[C@H]3CC[C@@H](CC(=O)N4CC[C@H]5CC[C@@H](C(=O)N[C@@H](CCC(N)=O)C(=O)NC6(c7ccc(S(C)(=O)=O)cc7)CC6)N5C(=O)[C@@H](NC(=O)c5cc6cc(C(=O)P(=O)(O)O)ccc6[nH]5)C4)CC3)cc21. The number of imide groups is 1. The lowest BCUT2D eigenvalue weighted by Crippen LogP contribution is -2.62. The molecule has 2 aliphatic carbocycles. The van der Waals surface area contributed by atoms with Crippen molar-refractivity contribution in [2.45, 2.75) is 137 Å². The van der Waals surface area contributed by atoms with Gasteiger partial charge in [0.25, 0.3) is 11.4 Å². The maximum atomic E-state index is 15.1. The Morgan fingerprint density at radius 2 is 1.57 bits per heavy atom. The number of aromatic nitrogens is 3. The van der Waals surface area contributed by atoms with Gasteiger partial charge in [-0.1, -0.05) is 18.2 Å². The molecule has 446 valence electrons. The number of nitrogens with zero attached hydrogens (tertiary/aromatic N) is 4. The number of amides is 8. The number of carbonyl (C=O) groups excluding carboxylic acids is 9. The molecule has 0 spiro atoms. The van der Waals surface area contributed by atoms with E-state index in [0.29, 0.717) is 41.4 Å². The maximum absolute atomic E-state index is 15.1. The summed E-state index contributed by atoms with van der Waals surface area (Å²) in [5.41, 5.74) is 5.77. The molecule has 0 radical (unpaired) electrons. The largest absolute Gasteiger partial charge is 0.396 e. The number of piperidine rings is 1. The number of imidazole rings is 1. The topological polar surface area (TPSA) is 369 Å². The van der Waals surface area contributed by atoms with Gasteiger partial charge >= 0.3 is 13.3 Å². The fraction of sp³-hybridized carbons (Fsp3) is 0.474. The molecule has 25 nitrogen and oxygen atoms in total. The molecule has 0 bridgehead atoms. The summed E-state index contributed by atoms with van der Waals surface area (Å²) in [5, 5.41) is 11.1. The number of fused-ring (bicyclic) bond motifs is 3. The average molecular weight is 1200 g/mol. The van der Waals surface area contributed by atoms with E-state index in [0.717, 1.165) is 43.9 Å². The second-order valence-corrected chi connectivity index (χ2v) is 26.7. The van der Waals surface area contributed by atoms with E-state index in [4.69, 9.17) is 5.73 Å². The summed E-state index contributed by atoms with van der Waals surface area (Å²) in [6.07, 6.45) is 6.78. The van der Waals surface area contributed by atoms with Gasteiger partial charge in [0.1, 0.15) is 29.9 Å². The molecule has 10 rings (SSSR count). The van der Waals surface area contributed by atoms with Crippen LogP contribution in [0.5, 0.6) is 0 Å². The molecule has 5 aliphatic rings. The third-order valence-electron chi connectivity index (χ3n) is 17.4. The smallest absolute Gasteiger partial charge is 0.370 e. The predicted octanol–water partition coefficient (Wildman–Crippen LogP) is 2.21. The van der Waals surface area contributed by atoms with E-state index in [9.17, 15) is 65.9 Å². The van der Waals surface area contributed by atoms with Gasteiger partial charge < -0.3 is 46.3 Å². The fourth-order valence-electron chi connectivity index (χ4n) is 12.7. The van der Waals surface area contributed by atoms with Crippen LogP contribution in [0.2, 0.25) is 0 Å². The Morgan fingerprint density at radius 3 is 2.24 bits per heavy atom. The number of nitrogens with two attached hydrogens (primary N) is 1. The van der Waals surface area contributed by atoms with Crippen LogP contribution in [0.1, 0.15) is 128 Å². The first-order chi connectivity index (χ1) is 39.8. The summed E-state index contributed by atoms with van der Waals surface area (Å²) in [4.78, 5) is 160. The third kappa shape index (κ3) is 12.5. The van der Waals surface area contributed by atoms with Crippen LogP contribution in [-0.2, 0) is 67.0 Å². The van der Waals surface area contributed by atoms with Crippen molar-refractivity contribution in [1.82, 2.24) is 45.2 Å². The first-order valence-electron chi connectivity index (χ1n) is 28.2. The van der Waals surface area contributed by atoms with Gasteiger partial charge in [0, 0.05) is 68.2 Å². The molecule has 8 amide bonds. The standard InChI is InChI=1S/C57H67N10O15PS/c1-64-46-26-33(7-16-43(46)67(56(64)77)45-18-20-48(69)62-53(45)74)25-31-3-5-32(6-4-31)27-49(70)65-24-21-37-11-17-44(52(73)60-40(15-19-47(58)68)51(72)63-57(22-23-57)36-9-12-38(13-10-36)84(2,81)82)66(37)54(75)42(30-65)61-50(71)41-29-35-28-34(8-14-39(35)59-41)55(76)83(78,79)80/h7-10,12-14,16,26,28-29,31-32,37,40,42,44-45,59H,3-6,11,15,17-25,27,30H2,1-2H3,(H2,58,68)(H,60,73)(H,61,71)(H,63,72)(H,62,69,74)(H2,78,79,80)/t31-,32+,37-,40+,42+,44+,45?/m1/s1. The van der Waals surface area contributed by atoms with E-state index < -0.39 is 94.1 Å². The van der Waals surface area contributed by atoms with Crippen molar-refractivity contribution in [2.24, 2.45) is 24.6 Å². The number of benzene rings is 3. The number of aryl methyl sites for hydroxylation is 1. The monoisotopic (exact) mass is 1190 g/mol. The van der Waals surface area contributed by atoms with Crippen molar-refractivity contribution < 1.29 is 65.9 Å². The van der Waals surface area contributed by atoms with Crippen LogP contribution in [0.15, 0.2) is 76.4 Å². The maximum Gasteiger partial charge on any atom is 0.396 e. The summed E-state index contributed by atoms with van der Waals surface area (Å²) in [6, 6.07) is 11.8. The molecule has 9 N–H and O–H groups in total. The van der Waals surface area contributed by atoms with Gasteiger partial charge in [0.05, 0.1) is 21.5 Å². The molecule has 5 aromatic rings. The molecule has 1 unspecified atom stereocenters. The Kier molecular flexibility index (Phi) is 16.5. The van der Waals surface area contributed by atoms with Crippen molar-refractivity contribution in [3.63, 3.8) is 0 Å². The van der Waals surface area contributed by atoms with Gasteiger partial charge in [-0.25, -0.2) is 13.2 Å². The first kappa shape index (κ1) is 59.4. The number of hydrogen-bond acceptors (Lipinski definition) is 13. The van der Waals surface area contributed by atoms with Crippen LogP contribution < -0.4 is 32.7 Å². The van der Waals surface area contributed by atoms with E-state index in [1.54, 1.807) is 24.1 Å². The van der Waals surface area contributed by atoms with Crippen molar-refractivity contribution in [3.8, 4) is 0 Å².